The van der Waals surface area contributed by atoms with Gasteiger partial charge in [0.25, 0.3) is 11.8 Å². The lowest BCUT2D eigenvalue weighted by molar-refractivity contribution is -0.152. The van der Waals surface area contributed by atoms with Crippen LogP contribution in [0.5, 0.6) is 5.75 Å². The topological polar surface area (TPSA) is 90.0 Å². The minimum Gasteiger partial charge on any atom is -0.497 e. The van der Waals surface area contributed by atoms with Gasteiger partial charge >= 0.3 is 5.97 Å². The Morgan fingerprint density at radius 3 is 1.87 bits per heavy atom. The zero-order valence-electron chi connectivity index (χ0n) is 17.2. The number of ether oxygens (including phenoxy) is 2. The maximum absolute atomic E-state index is 12.9. The van der Waals surface area contributed by atoms with Crippen LogP contribution < -0.4 is 4.74 Å². The molecule has 7 nitrogen and oxygen atoms in total. The molecule has 0 aliphatic carbocycles. The largest absolute Gasteiger partial charge is 0.497 e. The highest BCUT2D eigenvalue weighted by Crippen LogP contribution is 2.28. The summed E-state index contributed by atoms with van der Waals surface area (Å²) < 4.78 is 10.5. The van der Waals surface area contributed by atoms with E-state index < -0.39 is 41.6 Å². The molecule has 1 heterocycles. The lowest BCUT2D eigenvalue weighted by Gasteiger charge is -2.28. The number of amides is 2. The van der Waals surface area contributed by atoms with Gasteiger partial charge in [-0.05, 0) is 49.2 Å². The Hall–Kier alpha value is -3.48. The fraction of sp³-hybridized carbons (Fsp3) is 0.304. The number of carbonyl (C=O) groups excluding carboxylic acids is 4. The molecule has 0 unspecified atom stereocenters. The molecule has 1 aliphatic heterocycles. The van der Waals surface area contributed by atoms with Crippen molar-refractivity contribution in [2.24, 2.45) is 5.92 Å². The first-order valence-electron chi connectivity index (χ1n) is 9.62. The average molecular weight is 409 g/mol. The number of esters is 1. The lowest BCUT2D eigenvalue weighted by atomic mass is 10.0. The Labute approximate surface area is 174 Å². The smallest absolute Gasteiger partial charge is 0.330 e. The monoisotopic (exact) mass is 409 g/mol. The van der Waals surface area contributed by atoms with Crippen LogP contribution in [0.3, 0.4) is 0 Å². The zero-order valence-corrected chi connectivity index (χ0v) is 17.2. The molecule has 0 bridgehead atoms. The van der Waals surface area contributed by atoms with Crippen LogP contribution in [0.1, 0.15) is 51.8 Å². The molecular formula is C23H23NO6. The number of Topliss-reactive ketones (excluding diaryl/α,β-unsaturated/α-hetero) is 1. The first-order valence-corrected chi connectivity index (χ1v) is 9.62. The molecule has 156 valence electrons. The number of nitrogens with zero attached hydrogens (tertiary/aromatic N) is 1. The fourth-order valence-corrected chi connectivity index (χ4v) is 3.42. The molecule has 2 amide bonds. The average Bonchev–Trinajstić information content (AvgIpc) is 2.98. The number of rotatable bonds is 7. The first kappa shape index (κ1) is 21.2. The molecule has 30 heavy (non-hydrogen) atoms. The standard InChI is InChI=1S/C23H23NO6/c1-13(2)19(24-21(26)17-7-5-6-8-18(17)22(24)27)23(28)30-14(3)20(25)15-9-11-16(29-4)12-10-15/h5-14,19H,1-4H3/t14-,19+/m1/s1. The van der Waals surface area contributed by atoms with Crippen molar-refractivity contribution in [1.82, 2.24) is 4.90 Å². The SMILES string of the molecule is COc1ccc(C(=O)[C@@H](C)OC(=O)[C@H](C(C)C)N2C(=O)c3ccccc3C2=O)cc1. The quantitative estimate of drug-likeness (QED) is 0.396. The van der Waals surface area contributed by atoms with E-state index >= 15 is 0 Å². The summed E-state index contributed by atoms with van der Waals surface area (Å²) >= 11 is 0. The van der Waals surface area contributed by atoms with Crippen molar-refractivity contribution in [2.75, 3.05) is 7.11 Å². The number of ketones is 1. The summed E-state index contributed by atoms with van der Waals surface area (Å²) in [5, 5.41) is 0. The molecule has 0 fully saturated rings. The van der Waals surface area contributed by atoms with Gasteiger partial charge in [-0.1, -0.05) is 26.0 Å². The molecule has 0 N–H and O–H groups in total. The van der Waals surface area contributed by atoms with Crippen molar-refractivity contribution in [2.45, 2.75) is 32.9 Å². The Kier molecular flexibility index (Phi) is 6.01. The van der Waals surface area contributed by atoms with E-state index in [-0.39, 0.29) is 11.1 Å². The van der Waals surface area contributed by atoms with Gasteiger partial charge < -0.3 is 9.47 Å². The number of fused-ring (bicyclic) bond motifs is 1. The third kappa shape index (κ3) is 3.83. The molecule has 1 aliphatic rings. The van der Waals surface area contributed by atoms with Crippen LogP contribution in [0, 0.1) is 5.92 Å². The first-order chi connectivity index (χ1) is 14.3. The number of methoxy groups -OCH3 is 1. The molecule has 2 atom stereocenters. The van der Waals surface area contributed by atoms with Crippen LogP contribution in [0.2, 0.25) is 0 Å². The Bertz CT molecular complexity index is 960. The Morgan fingerprint density at radius 2 is 1.40 bits per heavy atom. The molecule has 0 saturated heterocycles. The van der Waals surface area contributed by atoms with Crippen molar-refractivity contribution < 1.29 is 28.7 Å². The molecule has 0 radical (unpaired) electrons. The highest BCUT2D eigenvalue weighted by molar-refractivity contribution is 6.22. The van der Waals surface area contributed by atoms with Gasteiger partial charge in [0, 0.05) is 5.56 Å². The van der Waals surface area contributed by atoms with E-state index in [1.54, 1.807) is 62.4 Å². The van der Waals surface area contributed by atoms with Gasteiger partial charge in [-0.2, -0.15) is 0 Å². The van der Waals surface area contributed by atoms with E-state index in [0.717, 1.165) is 4.90 Å². The van der Waals surface area contributed by atoms with Gasteiger partial charge in [0.2, 0.25) is 5.78 Å². The van der Waals surface area contributed by atoms with Gasteiger partial charge in [0.15, 0.2) is 6.10 Å². The van der Waals surface area contributed by atoms with Gasteiger partial charge in [0.05, 0.1) is 18.2 Å². The summed E-state index contributed by atoms with van der Waals surface area (Å²) in [6, 6.07) is 11.7. The van der Waals surface area contributed by atoms with E-state index in [1.807, 2.05) is 0 Å². The van der Waals surface area contributed by atoms with Crippen molar-refractivity contribution in [1.29, 1.82) is 0 Å². The summed E-state index contributed by atoms with van der Waals surface area (Å²) in [6.07, 6.45) is -1.08. The van der Waals surface area contributed by atoms with Gasteiger partial charge in [-0.15, -0.1) is 0 Å². The molecule has 0 saturated carbocycles. The van der Waals surface area contributed by atoms with Crippen molar-refractivity contribution in [3.05, 3.63) is 65.2 Å². The summed E-state index contributed by atoms with van der Waals surface area (Å²) in [6.45, 7) is 4.89. The Morgan fingerprint density at radius 1 is 0.867 bits per heavy atom. The summed E-state index contributed by atoms with van der Waals surface area (Å²) in [5.74, 6) is -2.07. The second-order valence-corrected chi connectivity index (χ2v) is 7.39. The number of imide groups is 1. The van der Waals surface area contributed by atoms with Gasteiger partial charge in [-0.3, -0.25) is 19.3 Å². The normalized spacial score (nSPS) is 15.0. The number of carbonyl (C=O) groups is 4. The van der Waals surface area contributed by atoms with E-state index in [0.29, 0.717) is 11.3 Å². The number of hydrogen-bond donors (Lipinski definition) is 0. The molecule has 2 aromatic rings. The molecule has 7 heteroatoms. The zero-order chi connectivity index (χ0) is 22.0. The Balaban J connectivity index is 1.78. The predicted molar refractivity (Wildman–Crippen MR) is 108 cm³/mol. The highest BCUT2D eigenvalue weighted by atomic mass is 16.5. The van der Waals surface area contributed by atoms with Gasteiger partial charge in [-0.25, -0.2) is 4.79 Å². The summed E-state index contributed by atoms with van der Waals surface area (Å²) in [5.41, 5.74) is 0.865. The molecule has 0 aromatic heterocycles. The minimum absolute atomic E-state index is 0.253. The van der Waals surface area contributed by atoms with Crippen LogP contribution in [0.25, 0.3) is 0 Å². The maximum Gasteiger partial charge on any atom is 0.330 e. The van der Waals surface area contributed by atoms with Crippen LogP contribution in [-0.2, 0) is 9.53 Å². The van der Waals surface area contributed by atoms with E-state index in [2.05, 4.69) is 0 Å². The lowest BCUT2D eigenvalue weighted by Crippen LogP contribution is -2.49. The number of hydrogen-bond acceptors (Lipinski definition) is 6. The summed E-state index contributed by atoms with van der Waals surface area (Å²) in [4.78, 5) is 52.0. The minimum atomic E-state index is -1.14. The van der Waals surface area contributed by atoms with Crippen molar-refractivity contribution in [3.8, 4) is 5.75 Å². The third-order valence-electron chi connectivity index (χ3n) is 5.01. The van der Waals surface area contributed by atoms with E-state index in [4.69, 9.17) is 9.47 Å². The second kappa shape index (κ2) is 8.49. The molecular weight excluding hydrogens is 386 g/mol. The fourth-order valence-electron chi connectivity index (χ4n) is 3.42. The van der Waals surface area contributed by atoms with Crippen LogP contribution >= 0.6 is 0 Å². The maximum atomic E-state index is 12.9. The summed E-state index contributed by atoms with van der Waals surface area (Å²) in [7, 11) is 1.52. The van der Waals surface area contributed by atoms with Crippen LogP contribution in [0.15, 0.2) is 48.5 Å². The molecule has 3 rings (SSSR count). The van der Waals surface area contributed by atoms with E-state index in [1.165, 1.54) is 14.0 Å². The molecule has 2 aromatic carbocycles. The molecule has 0 spiro atoms. The number of benzene rings is 2. The second-order valence-electron chi connectivity index (χ2n) is 7.39. The van der Waals surface area contributed by atoms with Crippen molar-refractivity contribution in [3.63, 3.8) is 0 Å². The third-order valence-corrected chi connectivity index (χ3v) is 5.01. The van der Waals surface area contributed by atoms with Crippen molar-refractivity contribution >= 4 is 23.6 Å². The van der Waals surface area contributed by atoms with E-state index in [9.17, 15) is 19.2 Å². The predicted octanol–water partition coefficient (Wildman–Crippen LogP) is 3.13. The van der Waals surface area contributed by atoms with Gasteiger partial charge in [0.1, 0.15) is 11.8 Å². The van der Waals surface area contributed by atoms with Crippen LogP contribution in [0.4, 0.5) is 0 Å². The van der Waals surface area contributed by atoms with Crippen LogP contribution in [-0.4, -0.2) is 47.7 Å². The highest BCUT2D eigenvalue weighted by Gasteiger charge is 2.45.